The number of carbonyl (C=O) groups is 2. The fourth-order valence-electron chi connectivity index (χ4n) is 2.65. The molecular weight excluding hydrogens is 430 g/mol. The van der Waals surface area contributed by atoms with E-state index in [9.17, 15) is 19.8 Å². The van der Waals surface area contributed by atoms with Crippen LogP contribution in [0.4, 0.5) is 0 Å². The van der Waals surface area contributed by atoms with Crippen molar-refractivity contribution in [3.05, 3.63) is 90.0 Å². The van der Waals surface area contributed by atoms with Crippen LogP contribution in [0.15, 0.2) is 78.9 Å². The fraction of sp³-hybridized carbons (Fsp3) is 0. The summed E-state index contributed by atoms with van der Waals surface area (Å²) >= 11 is 0. The highest BCUT2D eigenvalue weighted by molar-refractivity contribution is 5.88. The predicted molar refractivity (Wildman–Crippen MR) is 113 cm³/mol. The lowest BCUT2D eigenvalue weighted by molar-refractivity contribution is 0.0686. The SMILES string of the molecule is O=C(O)c1cccc(Oc2nc(Oc3ccccc3)nc(Oc3cccc(C(=O)O)c3)n2)c1. The number of aromatic nitrogens is 3. The summed E-state index contributed by atoms with van der Waals surface area (Å²) in [4.78, 5) is 34.7. The molecule has 0 radical (unpaired) electrons. The summed E-state index contributed by atoms with van der Waals surface area (Å²) in [6, 6.07) is 19.7. The van der Waals surface area contributed by atoms with Gasteiger partial charge in [0, 0.05) is 0 Å². The third-order valence-corrected chi connectivity index (χ3v) is 4.11. The normalized spacial score (nSPS) is 10.3. The van der Waals surface area contributed by atoms with E-state index in [1.807, 2.05) is 6.07 Å². The molecule has 10 heteroatoms. The number of para-hydroxylation sites is 1. The highest BCUT2D eigenvalue weighted by atomic mass is 16.5. The Morgan fingerprint density at radius 2 is 0.939 bits per heavy atom. The van der Waals surface area contributed by atoms with Crippen molar-refractivity contribution >= 4 is 11.9 Å². The van der Waals surface area contributed by atoms with Gasteiger partial charge in [0.25, 0.3) is 0 Å². The smallest absolute Gasteiger partial charge is 0.335 e. The number of rotatable bonds is 8. The van der Waals surface area contributed by atoms with Gasteiger partial charge in [0.2, 0.25) is 0 Å². The van der Waals surface area contributed by atoms with Crippen molar-refractivity contribution in [3.8, 4) is 35.3 Å². The molecule has 10 nitrogen and oxygen atoms in total. The number of aromatic carboxylic acids is 2. The van der Waals surface area contributed by atoms with E-state index in [0.717, 1.165) is 0 Å². The van der Waals surface area contributed by atoms with Crippen LogP contribution in [0, 0.1) is 0 Å². The quantitative estimate of drug-likeness (QED) is 0.394. The van der Waals surface area contributed by atoms with Gasteiger partial charge in [0.1, 0.15) is 17.2 Å². The lowest BCUT2D eigenvalue weighted by atomic mass is 10.2. The Hall–Kier alpha value is -4.99. The predicted octanol–water partition coefficient (Wildman–Crippen LogP) is 4.64. The van der Waals surface area contributed by atoms with Crippen molar-refractivity contribution < 1.29 is 34.0 Å². The molecule has 4 aromatic rings. The van der Waals surface area contributed by atoms with E-state index in [4.69, 9.17) is 14.2 Å². The Morgan fingerprint density at radius 1 is 0.545 bits per heavy atom. The highest BCUT2D eigenvalue weighted by Crippen LogP contribution is 2.27. The van der Waals surface area contributed by atoms with Gasteiger partial charge in [-0.1, -0.05) is 30.3 Å². The van der Waals surface area contributed by atoms with Gasteiger partial charge in [-0.3, -0.25) is 0 Å². The summed E-state index contributed by atoms with van der Waals surface area (Å²) in [5.74, 6) is -1.45. The summed E-state index contributed by atoms with van der Waals surface area (Å²) in [5.41, 5.74) is 0.0357. The van der Waals surface area contributed by atoms with Crippen molar-refractivity contribution in [1.82, 2.24) is 15.0 Å². The third kappa shape index (κ3) is 5.58. The zero-order valence-electron chi connectivity index (χ0n) is 16.8. The molecule has 0 saturated carbocycles. The number of carboxylic acids is 2. The maximum absolute atomic E-state index is 11.2. The maximum atomic E-state index is 11.2. The number of nitrogens with zero attached hydrogens (tertiary/aromatic N) is 3. The Morgan fingerprint density at radius 3 is 1.36 bits per heavy atom. The van der Waals surface area contributed by atoms with Crippen molar-refractivity contribution in [2.75, 3.05) is 0 Å². The first-order valence-corrected chi connectivity index (χ1v) is 9.48. The lowest BCUT2D eigenvalue weighted by Gasteiger charge is -2.10. The van der Waals surface area contributed by atoms with Crippen LogP contribution in [-0.2, 0) is 0 Å². The van der Waals surface area contributed by atoms with Crippen molar-refractivity contribution in [3.63, 3.8) is 0 Å². The molecule has 164 valence electrons. The summed E-state index contributed by atoms with van der Waals surface area (Å²) in [5, 5.41) is 18.3. The second-order valence-electron chi connectivity index (χ2n) is 6.47. The lowest BCUT2D eigenvalue weighted by Crippen LogP contribution is -2.02. The van der Waals surface area contributed by atoms with Gasteiger partial charge in [-0.2, -0.15) is 0 Å². The van der Waals surface area contributed by atoms with Gasteiger partial charge >= 0.3 is 30.0 Å². The largest absolute Gasteiger partial charge is 0.478 e. The molecule has 2 N–H and O–H groups in total. The molecule has 0 aliphatic carbocycles. The first-order valence-electron chi connectivity index (χ1n) is 9.48. The molecule has 0 aliphatic rings. The topological polar surface area (TPSA) is 141 Å². The molecule has 0 amide bonds. The molecular formula is C23H15N3O7. The van der Waals surface area contributed by atoms with Gasteiger partial charge in [-0.15, -0.1) is 15.0 Å². The van der Waals surface area contributed by atoms with E-state index < -0.39 is 11.9 Å². The van der Waals surface area contributed by atoms with Crippen LogP contribution in [0.1, 0.15) is 20.7 Å². The first kappa shape index (κ1) is 21.2. The van der Waals surface area contributed by atoms with Gasteiger partial charge in [-0.05, 0) is 48.5 Å². The van der Waals surface area contributed by atoms with Crippen molar-refractivity contribution in [1.29, 1.82) is 0 Å². The van der Waals surface area contributed by atoms with Gasteiger partial charge < -0.3 is 24.4 Å². The minimum absolute atomic E-state index is 0.0178. The molecule has 4 rings (SSSR count). The molecule has 0 saturated heterocycles. The number of hydrogen-bond donors (Lipinski definition) is 2. The van der Waals surface area contributed by atoms with Crippen LogP contribution in [0.3, 0.4) is 0 Å². The van der Waals surface area contributed by atoms with Crippen LogP contribution in [-0.4, -0.2) is 37.1 Å². The Balaban J connectivity index is 1.67. The average molecular weight is 445 g/mol. The Bertz CT molecular complexity index is 1230. The standard InChI is InChI=1S/C23H15N3O7/c27-19(28)14-6-4-10-17(12-14)32-22-24-21(31-16-8-2-1-3-9-16)25-23(26-22)33-18-11-5-7-15(13-18)20(29)30/h1-13H,(H,27,28)(H,29,30). The Kier molecular flexibility index (Phi) is 6.08. The van der Waals surface area contributed by atoms with E-state index in [1.165, 1.54) is 48.5 Å². The zero-order valence-corrected chi connectivity index (χ0v) is 16.8. The number of hydrogen-bond acceptors (Lipinski definition) is 8. The molecule has 1 heterocycles. The molecule has 33 heavy (non-hydrogen) atoms. The van der Waals surface area contributed by atoms with E-state index in [2.05, 4.69) is 15.0 Å². The monoisotopic (exact) mass is 445 g/mol. The van der Waals surface area contributed by atoms with E-state index >= 15 is 0 Å². The van der Waals surface area contributed by atoms with Gasteiger partial charge in [0.15, 0.2) is 0 Å². The Labute approximate surface area is 186 Å². The fourth-order valence-corrected chi connectivity index (χ4v) is 2.65. The first-order chi connectivity index (χ1) is 16.0. The van der Waals surface area contributed by atoms with Crippen LogP contribution in [0.2, 0.25) is 0 Å². The average Bonchev–Trinajstić information content (AvgIpc) is 2.80. The van der Waals surface area contributed by atoms with Crippen LogP contribution < -0.4 is 14.2 Å². The molecule has 0 unspecified atom stereocenters. The molecule has 0 bridgehead atoms. The maximum Gasteiger partial charge on any atom is 0.335 e. The zero-order chi connectivity index (χ0) is 23.2. The van der Waals surface area contributed by atoms with E-state index in [0.29, 0.717) is 5.75 Å². The molecule has 0 spiro atoms. The summed E-state index contributed by atoms with van der Waals surface area (Å²) in [6.07, 6.45) is 0. The number of benzene rings is 3. The van der Waals surface area contributed by atoms with Crippen molar-refractivity contribution in [2.45, 2.75) is 0 Å². The highest BCUT2D eigenvalue weighted by Gasteiger charge is 2.14. The minimum atomic E-state index is -1.12. The molecule has 0 atom stereocenters. The van der Waals surface area contributed by atoms with Gasteiger partial charge in [0.05, 0.1) is 11.1 Å². The summed E-state index contributed by atoms with van der Waals surface area (Å²) in [6.45, 7) is 0. The second kappa shape index (κ2) is 9.43. The van der Waals surface area contributed by atoms with Crippen LogP contribution in [0.25, 0.3) is 0 Å². The second-order valence-corrected chi connectivity index (χ2v) is 6.47. The van der Waals surface area contributed by atoms with Crippen molar-refractivity contribution in [2.24, 2.45) is 0 Å². The number of carboxylic acid groups (broad SMARTS) is 2. The van der Waals surface area contributed by atoms with E-state index in [-0.39, 0.29) is 40.7 Å². The molecule has 1 aromatic heterocycles. The number of ether oxygens (including phenoxy) is 3. The molecule has 0 aliphatic heterocycles. The summed E-state index contributed by atoms with van der Waals surface area (Å²) < 4.78 is 16.9. The third-order valence-electron chi connectivity index (χ3n) is 4.11. The van der Waals surface area contributed by atoms with E-state index in [1.54, 1.807) is 24.3 Å². The van der Waals surface area contributed by atoms with Gasteiger partial charge in [-0.25, -0.2) is 9.59 Å². The summed E-state index contributed by atoms with van der Waals surface area (Å²) in [7, 11) is 0. The minimum Gasteiger partial charge on any atom is -0.478 e. The van der Waals surface area contributed by atoms with Crippen LogP contribution in [0.5, 0.6) is 35.3 Å². The molecule has 3 aromatic carbocycles. The molecule has 0 fully saturated rings. The van der Waals surface area contributed by atoms with Crippen LogP contribution >= 0.6 is 0 Å².